The number of pyridine rings is 1. The Morgan fingerprint density at radius 2 is 1.29 bits per heavy atom. The predicted molar refractivity (Wildman–Crippen MR) is 146 cm³/mol. The molecule has 0 aliphatic carbocycles. The summed E-state index contributed by atoms with van der Waals surface area (Å²) < 4.78 is 5.11. The van der Waals surface area contributed by atoms with E-state index in [-0.39, 0.29) is 0 Å². The van der Waals surface area contributed by atoms with Gasteiger partial charge in [-0.3, -0.25) is 4.98 Å². The van der Waals surface area contributed by atoms with E-state index in [2.05, 4.69) is 107 Å². The van der Waals surface area contributed by atoms with Crippen LogP contribution in [-0.2, 0) is 0 Å². The van der Waals surface area contributed by atoms with Crippen molar-refractivity contribution in [3.8, 4) is 5.69 Å². The molecule has 0 unspecified atom stereocenters. The Hall–Kier alpha value is -4.21. The molecule has 34 heavy (non-hydrogen) atoms. The molecule has 0 N–H and O–H groups in total. The molecule has 0 radical (unpaired) electrons. The van der Waals surface area contributed by atoms with Crippen molar-refractivity contribution in [2.24, 2.45) is 0 Å². The van der Waals surface area contributed by atoms with E-state index in [0.29, 0.717) is 0 Å². The second-order valence-electron chi connectivity index (χ2n) is 8.92. The highest BCUT2D eigenvalue weighted by Crippen LogP contribution is 2.41. The molecule has 0 aliphatic heterocycles. The van der Waals surface area contributed by atoms with Crippen LogP contribution < -0.4 is 0 Å². The van der Waals surface area contributed by atoms with Gasteiger partial charge in [-0.2, -0.15) is 0 Å². The third kappa shape index (κ3) is 2.47. The van der Waals surface area contributed by atoms with E-state index in [1.165, 1.54) is 63.8 Å². The SMILES string of the molecule is c1ccc2cc3c(cc2c1)c1cc2sc4ccccc4c2cc1n3-c1ccc2cnccc2c1. The van der Waals surface area contributed by atoms with E-state index in [9.17, 15) is 0 Å². The van der Waals surface area contributed by atoms with Crippen molar-refractivity contribution < 1.29 is 0 Å². The monoisotopic (exact) mass is 450 g/mol. The number of hydrogen-bond donors (Lipinski definition) is 0. The van der Waals surface area contributed by atoms with Gasteiger partial charge in [-0.15, -0.1) is 11.3 Å². The number of rotatable bonds is 1. The number of thiophene rings is 1. The van der Waals surface area contributed by atoms with Crippen LogP contribution in [0, 0.1) is 0 Å². The summed E-state index contributed by atoms with van der Waals surface area (Å²) in [5, 5.41) is 10.1. The van der Waals surface area contributed by atoms with Crippen LogP contribution in [0.1, 0.15) is 0 Å². The largest absolute Gasteiger partial charge is 0.309 e. The van der Waals surface area contributed by atoms with E-state index in [0.717, 1.165) is 5.39 Å². The Kier molecular flexibility index (Phi) is 3.57. The van der Waals surface area contributed by atoms with Crippen molar-refractivity contribution in [3.63, 3.8) is 0 Å². The predicted octanol–water partition coefficient (Wildman–Crippen LogP) is 8.85. The molecule has 8 aromatic rings. The quantitative estimate of drug-likeness (QED) is 0.244. The molecule has 2 nitrogen and oxygen atoms in total. The van der Waals surface area contributed by atoms with Crippen LogP contribution in [0.25, 0.3) is 69.2 Å². The van der Waals surface area contributed by atoms with Gasteiger partial charge in [0, 0.05) is 54.4 Å². The lowest BCUT2D eigenvalue weighted by molar-refractivity contribution is 1.19. The average Bonchev–Trinajstić information content (AvgIpc) is 3.40. The Labute approximate surface area is 199 Å². The number of benzene rings is 5. The van der Waals surface area contributed by atoms with Crippen LogP contribution in [0.2, 0.25) is 0 Å². The normalized spacial score (nSPS) is 12.1. The van der Waals surface area contributed by atoms with Crippen molar-refractivity contribution in [2.75, 3.05) is 0 Å². The molecular formula is C31H18N2S. The minimum absolute atomic E-state index is 1.16. The second-order valence-corrected chi connectivity index (χ2v) is 10.0. The molecule has 0 aliphatic rings. The Morgan fingerprint density at radius 3 is 2.24 bits per heavy atom. The molecule has 5 aromatic carbocycles. The van der Waals surface area contributed by atoms with Crippen LogP contribution >= 0.6 is 11.3 Å². The Bertz CT molecular complexity index is 2080. The topological polar surface area (TPSA) is 17.8 Å². The highest BCUT2D eigenvalue weighted by molar-refractivity contribution is 7.25. The van der Waals surface area contributed by atoms with E-state index >= 15 is 0 Å². The van der Waals surface area contributed by atoms with Gasteiger partial charge >= 0.3 is 0 Å². The summed E-state index contributed by atoms with van der Waals surface area (Å²) >= 11 is 1.88. The maximum Gasteiger partial charge on any atom is 0.0548 e. The third-order valence-electron chi connectivity index (χ3n) is 7.01. The molecule has 0 atom stereocenters. The zero-order chi connectivity index (χ0) is 22.2. The van der Waals surface area contributed by atoms with Crippen molar-refractivity contribution in [1.29, 1.82) is 0 Å². The number of hydrogen-bond acceptors (Lipinski definition) is 2. The fourth-order valence-corrected chi connectivity index (χ4v) is 6.53. The van der Waals surface area contributed by atoms with Gasteiger partial charge in [-0.1, -0.05) is 48.5 Å². The highest BCUT2D eigenvalue weighted by atomic mass is 32.1. The van der Waals surface area contributed by atoms with Crippen molar-refractivity contribution >= 4 is 74.9 Å². The maximum absolute atomic E-state index is 4.29. The third-order valence-corrected chi connectivity index (χ3v) is 8.15. The van der Waals surface area contributed by atoms with Gasteiger partial charge in [-0.05, 0) is 64.7 Å². The van der Waals surface area contributed by atoms with Crippen molar-refractivity contribution in [2.45, 2.75) is 0 Å². The van der Waals surface area contributed by atoms with E-state index in [1.54, 1.807) is 0 Å². The van der Waals surface area contributed by atoms with Crippen molar-refractivity contribution in [1.82, 2.24) is 9.55 Å². The van der Waals surface area contributed by atoms with Gasteiger partial charge in [0.1, 0.15) is 0 Å². The summed E-state index contributed by atoms with van der Waals surface area (Å²) in [7, 11) is 0. The average molecular weight is 451 g/mol. The smallest absolute Gasteiger partial charge is 0.0548 e. The summed E-state index contributed by atoms with van der Waals surface area (Å²) in [4.78, 5) is 4.29. The first-order valence-electron chi connectivity index (χ1n) is 11.5. The zero-order valence-electron chi connectivity index (χ0n) is 18.2. The first kappa shape index (κ1) is 18.2. The summed E-state index contributed by atoms with van der Waals surface area (Å²) in [5.41, 5.74) is 3.66. The summed E-state index contributed by atoms with van der Waals surface area (Å²) in [5.74, 6) is 0. The molecule has 3 heteroatoms. The first-order chi connectivity index (χ1) is 16.8. The number of aromatic nitrogens is 2. The van der Waals surface area contributed by atoms with E-state index in [1.807, 2.05) is 23.7 Å². The molecule has 3 heterocycles. The molecule has 0 amide bonds. The molecule has 0 spiro atoms. The first-order valence-corrected chi connectivity index (χ1v) is 12.3. The zero-order valence-corrected chi connectivity index (χ0v) is 19.0. The lowest BCUT2D eigenvalue weighted by Crippen LogP contribution is -1.94. The minimum atomic E-state index is 1.16. The second kappa shape index (κ2) is 6.66. The van der Waals surface area contributed by atoms with Gasteiger partial charge in [0.2, 0.25) is 0 Å². The van der Waals surface area contributed by atoms with Crippen LogP contribution in [0.15, 0.2) is 109 Å². The minimum Gasteiger partial charge on any atom is -0.309 e. The number of fused-ring (bicyclic) bond motifs is 8. The lowest BCUT2D eigenvalue weighted by atomic mass is 10.1. The number of nitrogens with zero attached hydrogens (tertiary/aromatic N) is 2. The molecule has 8 rings (SSSR count). The molecule has 0 bridgehead atoms. The molecule has 0 saturated heterocycles. The van der Waals surface area contributed by atoms with Crippen LogP contribution in [0.4, 0.5) is 0 Å². The highest BCUT2D eigenvalue weighted by Gasteiger charge is 2.16. The summed E-state index contributed by atoms with van der Waals surface area (Å²) in [6, 6.07) is 35.6. The van der Waals surface area contributed by atoms with E-state index in [4.69, 9.17) is 0 Å². The molecule has 0 fully saturated rings. The van der Waals surface area contributed by atoms with Crippen LogP contribution in [-0.4, -0.2) is 9.55 Å². The van der Waals surface area contributed by atoms with Crippen LogP contribution in [0.5, 0.6) is 0 Å². The molecular weight excluding hydrogens is 432 g/mol. The Morgan fingerprint density at radius 1 is 0.529 bits per heavy atom. The van der Waals surface area contributed by atoms with Gasteiger partial charge in [0.25, 0.3) is 0 Å². The van der Waals surface area contributed by atoms with Crippen molar-refractivity contribution in [3.05, 3.63) is 109 Å². The van der Waals surface area contributed by atoms with Crippen LogP contribution in [0.3, 0.4) is 0 Å². The standard InChI is InChI=1S/C31H18N2S/c1-2-6-20-15-28-25(14-19(20)5-1)26-17-31-27(24-7-3-4-8-30(24)34-31)16-29(26)33(28)23-10-9-22-18-32-12-11-21(22)13-23/h1-18H. The molecule has 3 aromatic heterocycles. The van der Waals surface area contributed by atoms with Gasteiger partial charge in [0.15, 0.2) is 0 Å². The summed E-state index contributed by atoms with van der Waals surface area (Å²) in [6.07, 6.45) is 3.80. The molecule has 158 valence electrons. The fourth-order valence-electron chi connectivity index (χ4n) is 5.41. The van der Waals surface area contributed by atoms with E-state index < -0.39 is 0 Å². The molecule has 0 saturated carbocycles. The van der Waals surface area contributed by atoms with Gasteiger partial charge < -0.3 is 4.57 Å². The fraction of sp³-hybridized carbons (Fsp3) is 0. The Balaban J connectivity index is 1.58. The van der Waals surface area contributed by atoms with Gasteiger partial charge in [-0.25, -0.2) is 0 Å². The van der Waals surface area contributed by atoms with Gasteiger partial charge in [0.05, 0.1) is 11.0 Å². The lowest BCUT2D eigenvalue weighted by Gasteiger charge is -2.10. The maximum atomic E-state index is 4.29. The summed E-state index contributed by atoms with van der Waals surface area (Å²) in [6.45, 7) is 0.